The molecule has 182 valence electrons. The van der Waals surface area contributed by atoms with Crippen LogP contribution in [0.4, 0.5) is 0 Å². The minimum atomic E-state index is -0.197. The van der Waals surface area contributed by atoms with Gasteiger partial charge in [0.15, 0.2) is 0 Å². The van der Waals surface area contributed by atoms with Crippen LogP contribution in [0.1, 0.15) is 50.7 Å². The number of amides is 1. The lowest BCUT2D eigenvalue weighted by Gasteiger charge is -2.21. The summed E-state index contributed by atoms with van der Waals surface area (Å²) in [7, 11) is 0. The number of carbonyl (C=O) groups excluding carboxylic acids is 1. The van der Waals surface area contributed by atoms with Crippen molar-refractivity contribution in [3.05, 3.63) is 75.0 Å². The second kappa shape index (κ2) is 11.5. The molecule has 1 saturated heterocycles. The van der Waals surface area contributed by atoms with Crippen molar-refractivity contribution < 1.29 is 4.79 Å². The third kappa shape index (κ3) is 5.71. The van der Waals surface area contributed by atoms with E-state index in [1.54, 1.807) is 21.6 Å². The summed E-state index contributed by atoms with van der Waals surface area (Å²) in [5.74, 6) is 0.288. The minimum absolute atomic E-state index is 0.126. The molecule has 35 heavy (non-hydrogen) atoms. The van der Waals surface area contributed by atoms with Crippen LogP contribution in [0.2, 0.25) is 0 Å². The second-order valence-electron chi connectivity index (χ2n) is 8.64. The largest absolute Gasteiger partial charge is 0.293 e. The molecular weight excluding hydrogens is 495 g/mol. The molecule has 0 aliphatic carbocycles. The van der Waals surface area contributed by atoms with E-state index in [1.165, 1.54) is 23.5 Å². The van der Waals surface area contributed by atoms with Crippen LogP contribution in [0.5, 0.6) is 0 Å². The van der Waals surface area contributed by atoms with Crippen LogP contribution < -0.4 is 5.56 Å². The predicted octanol–water partition coefficient (Wildman–Crippen LogP) is 6.57. The van der Waals surface area contributed by atoms with Gasteiger partial charge in [-0.15, -0.1) is 0 Å². The highest BCUT2D eigenvalue weighted by molar-refractivity contribution is 8.26. The van der Waals surface area contributed by atoms with Gasteiger partial charge in [-0.1, -0.05) is 93.1 Å². The molecule has 3 heterocycles. The van der Waals surface area contributed by atoms with Crippen molar-refractivity contribution in [2.45, 2.75) is 56.4 Å². The number of thiocarbonyl (C=S) groups is 1. The molecule has 4 rings (SSSR count). The van der Waals surface area contributed by atoms with Crippen LogP contribution in [0.3, 0.4) is 0 Å². The first-order chi connectivity index (χ1) is 16.9. The molecule has 5 nitrogen and oxygen atoms in total. The van der Waals surface area contributed by atoms with Gasteiger partial charge in [-0.25, -0.2) is 4.98 Å². The summed E-state index contributed by atoms with van der Waals surface area (Å²) < 4.78 is 2.10. The van der Waals surface area contributed by atoms with Gasteiger partial charge < -0.3 is 0 Å². The molecular formula is C27H29N3O2S3. The van der Waals surface area contributed by atoms with Gasteiger partial charge in [0.1, 0.15) is 15.0 Å². The SMILES string of the molecule is CCCC[C@H](CC)CN1C(=O)/C(=C/c2c(Sc3ccccc3)nc3c(C)cccn3c2=O)SC1=S. The Labute approximate surface area is 220 Å². The zero-order valence-corrected chi connectivity index (χ0v) is 22.6. The van der Waals surface area contributed by atoms with Gasteiger partial charge in [-0.05, 0) is 49.1 Å². The normalized spacial score (nSPS) is 16.0. The Morgan fingerprint density at radius 3 is 2.63 bits per heavy atom. The van der Waals surface area contributed by atoms with Crippen LogP contribution in [0.25, 0.3) is 11.7 Å². The van der Waals surface area contributed by atoms with E-state index in [0.29, 0.717) is 37.9 Å². The number of carbonyl (C=O) groups is 1. The lowest BCUT2D eigenvalue weighted by Crippen LogP contribution is -2.33. The number of hydrogen-bond acceptors (Lipinski definition) is 6. The zero-order valence-electron chi connectivity index (χ0n) is 20.2. The van der Waals surface area contributed by atoms with Crippen LogP contribution in [0, 0.1) is 12.8 Å². The molecule has 1 aromatic carbocycles. The van der Waals surface area contributed by atoms with Crippen molar-refractivity contribution in [1.82, 2.24) is 14.3 Å². The van der Waals surface area contributed by atoms with E-state index in [0.717, 1.165) is 36.1 Å². The Morgan fingerprint density at radius 2 is 1.91 bits per heavy atom. The molecule has 2 aromatic heterocycles. The van der Waals surface area contributed by atoms with Crippen molar-refractivity contribution in [1.29, 1.82) is 0 Å². The maximum Gasteiger partial charge on any atom is 0.266 e. The summed E-state index contributed by atoms with van der Waals surface area (Å²) in [5, 5.41) is 0.579. The highest BCUT2D eigenvalue weighted by Gasteiger charge is 2.33. The number of pyridine rings is 1. The molecule has 3 aromatic rings. The molecule has 1 aliphatic rings. The molecule has 1 atom stereocenters. The van der Waals surface area contributed by atoms with Gasteiger partial charge in [0.25, 0.3) is 11.5 Å². The molecule has 0 unspecified atom stereocenters. The summed E-state index contributed by atoms with van der Waals surface area (Å²) in [6.45, 7) is 6.90. The molecule has 0 radical (unpaired) electrons. The number of aryl methyl sites for hydroxylation is 1. The van der Waals surface area contributed by atoms with E-state index in [9.17, 15) is 9.59 Å². The van der Waals surface area contributed by atoms with E-state index in [1.807, 2.05) is 49.4 Å². The topological polar surface area (TPSA) is 54.7 Å². The predicted molar refractivity (Wildman–Crippen MR) is 150 cm³/mol. The number of aromatic nitrogens is 2. The van der Waals surface area contributed by atoms with Gasteiger partial charge in [-0.3, -0.25) is 18.9 Å². The molecule has 0 saturated carbocycles. The van der Waals surface area contributed by atoms with Gasteiger partial charge in [-0.2, -0.15) is 0 Å². The second-order valence-corrected chi connectivity index (χ2v) is 11.4. The number of rotatable bonds is 9. The Balaban J connectivity index is 1.74. The Kier molecular flexibility index (Phi) is 8.46. The minimum Gasteiger partial charge on any atom is -0.293 e. The van der Waals surface area contributed by atoms with E-state index < -0.39 is 0 Å². The van der Waals surface area contributed by atoms with E-state index >= 15 is 0 Å². The quantitative estimate of drug-likeness (QED) is 0.180. The molecule has 1 amide bonds. The fourth-order valence-corrected chi connectivity index (χ4v) is 6.22. The smallest absolute Gasteiger partial charge is 0.266 e. The van der Waals surface area contributed by atoms with Gasteiger partial charge >= 0.3 is 0 Å². The zero-order chi connectivity index (χ0) is 24.9. The Bertz CT molecular complexity index is 1330. The van der Waals surface area contributed by atoms with Crippen molar-refractivity contribution in [3.63, 3.8) is 0 Å². The molecule has 1 aliphatic heterocycles. The number of fused-ring (bicyclic) bond motifs is 1. The lowest BCUT2D eigenvalue weighted by molar-refractivity contribution is -0.122. The molecule has 1 fully saturated rings. The fourth-order valence-electron chi connectivity index (χ4n) is 4.06. The molecule has 0 N–H and O–H groups in total. The third-order valence-corrected chi connectivity index (χ3v) is 8.53. The van der Waals surface area contributed by atoms with E-state index in [4.69, 9.17) is 17.2 Å². The van der Waals surface area contributed by atoms with Crippen molar-refractivity contribution >= 4 is 57.7 Å². The number of hydrogen-bond donors (Lipinski definition) is 0. The van der Waals surface area contributed by atoms with Crippen LogP contribution >= 0.6 is 35.7 Å². The van der Waals surface area contributed by atoms with Crippen LogP contribution in [0.15, 0.2) is 68.3 Å². The highest BCUT2D eigenvalue weighted by Crippen LogP contribution is 2.36. The van der Waals surface area contributed by atoms with Gasteiger partial charge in [0, 0.05) is 17.6 Å². The van der Waals surface area contributed by atoms with Crippen molar-refractivity contribution in [3.8, 4) is 0 Å². The molecule has 0 spiro atoms. The summed E-state index contributed by atoms with van der Waals surface area (Å²) in [5.41, 5.74) is 1.73. The van der Waals surface area contributed by atoms with Crippen LogP contribution in [-0.2, 0) is 4.79 Å². The number of thioether (sulfide) groups is 1. The number of benzene rings is 1. The van der Waals surface area contributed by atoms with E-state index in [-0.39, 0.29) is 11.5 Å². The fraction of sp³-hybridized carbons (Fsp3) is 0.333. The van der Waals surface area contributed by atoms with Crippen LogP contribution in [-0.4, -0.2) is 31.1 Å². The summed E-state index contributed by atoms with van der Waals surface area (Å²) >= 11 is 8.27. The first kappa shape index (κ1) is 25.7. The third-order valence-electron chi connectivity index (χ3n) is 6.14. The molecule has 8 heteroatoms. The monoisotopic (exact) mass is 523 g/mol. The Morgan fingerprint density at radius 1 is 1.14 bits per heavy atom. The van der Waals surface area contributed by atoms with Crippen molar-refractivity contribution in [2.24, 2.45) is 5.92 Å². The Hall–Kier alpha value is -2.42. The lowest BCUT2D eigenvalue weighted by atomic mass is 9.99. The first-order valence-electron chi connectivity index (χ1n) is 11.9. The summed E-state index contributed by atoms with van der Waals surface area (Å²) in [6, 6.07) is 13.6. The average molecular weight is 524 g/mol. The maximum absolute atomic E-state index is 13.6. The highest BCUT2D eigenvalue weighted by atomic mass is 32.2. The average Bonchev–Trinajstić information content (AvgIpc) is 3.12. The number of nitrogens with zero attached hydrogens (tertiary/aromatic N) is 3. The van der Waals surface area contributed by atoms with E-state index in [2.05, 4.69) is 13.8 Å². The standard InChI is InChI=1S/C27H29N3O2S3/c1-4-6-12-19(5-2)17-30-26(32)22(35-27(30)33)16-21-24(34-20-13-8-7-9-14-20)28-23-18(3)11-10-15-29(23)25(21)31/h7-11,13-16,19H,4-6,12,17H2,1-3H3/b22-16-/t19-/m0/s1. The maximum atomic E-state index is 13.6. The number of unbranched alkanes of at least 4 members (excludes halogenated alkanes) is 1. The van der Waals surface area contributed by atoms with Gasteiger partial charge in [0.05, 0.1) is 10.5 Å². The van der Waals surface area contributed by atoms with Gasteiger partial charge in [0.2, 0.25) is 0 Å². The van der Waals surface area contributed by atoms with Crippen molar-refractivity contribution in [2.75, 3.05) is 6.54 Å². The summed E-state index contributed by atoms with van der Waals surface area (Å²) in [4.78, 5) is 34.9. The molecule has 0 bridgehead atoms. The first-order valence-corrected chi connectivity index (χ1v) is 14.0. The summed E-state index contributed by atoms with van der Waals surface area (Å²) in [6.07, 6.45) is 7.76.